The summed E-state index contributed by atoms with van der Waals surface area (Å²) in [6.07, 6.45) is 3.18. The maximum Gasteiger partial charge on any atom is 0.308 e. The summed E-state index contributed by atoms with van der Waals surface area (Å²) in [6, 6.07) is 2.64. The molecule has 0 spiro atoms. The molecule has 9 heteroatoms. The minimum absolute atomic E-state index is 0.0766. The van der Waals surface area contributed by atoms with Gasteiger partial charge in [-0.1, -0.05) is 0 Å². The molecule has 3 rings (SSSR count). The summed E-state index contributed by atoms with van der Waals surface area (Å²) in [5.41, 5.74) is 0.0410. The van der Waals surface area contributed by atoms with Crippen molar-refractivity contribution in [1.82, 2.24) is 9.97 Å². The zero-order valence-corrected chi connectivity index (χ0v) is 12.9. The monoisotopic (exact) mass is 332 g/mol. The molecule has 0 amide bonds. The predicted octanol–water partition coefficient (Wildman–Crippen LogP) is 1.58. The van der Waals surface area contributed by atoms with Crippen LogP contribution in [0.25, 0.3) is 10.9 Å². The Labute approximate surface area is 136 Å². The molecule has 1 aromatic carbocycles. The van der Waals surface area contributed by atoms with Gasteiger partial charge in [0.15, 0.2) is 0 Å². The van der Waals surface area contributed by atoms with Gasteiger partial charge in [0, 0.05) is 12.1 Å². The number of carbonyl (C=O) groups excluding carboxylic acids is 1. The molecule has 1 fully saturated rings. The number of nitrogens with zero attached hydrogens (tertiary/aromatic N) is 2. The van der Waals surface area contributed by atoms with E-state index in [1.54, 1.807) is 0 Å². The number of methoxy groups -OCH3 is 1. The number of nitro groups is 1. The predicted molar refractivity (Wildman–Crippen MR) is 85.8 cm³/mol. The van der Waals surface area contributed by atoms with Crippen molar-refractivity contribution in [3.63, 3.8) is 0 Å². The van der Waals surface area contributed by atoms with E-state index in [1.807, 2.05) is 0 Å². The Morgan fingerprint density at radius 3 is 2.96 bits per heavy atom. The van der Waals surface area contributed by atoms with Crippen LogP contribution in [0.15, 0.2) is 23.3 Å². The molecule has 1 saturated carbocycles. The lowest BCUT2D eigenvalue weighted by Crippen LogP contribution is -2.19. The van der Waals surface area contributed by atoms with Crippen LogP contribution in [0.4, 0.5) is 11.4 Å². The van der Waals surface area contributed by atoms with Crippen molar-refractivity contribution >= 4 is 28.2 Å². The molecule has 9 nitrogen and oxygen atoms in total. The zero-order valence-electron chi connectivity index (χ0n) is 12.9. The van der Waals surface area contributed by atoms with Gasteiger partial charge in [0.2, 0.25) is 0 Å². The van der Waals surface area contributed by atoms with Crippen molar-refractivity contribution in [2.75, 3.05) is 12.4 Å². The number of rotatable bonds is 4. The van der Waals surface area contributed by atoms with Crippen LogP contribution in [0.5, 0.6) is 0 Å². The highest BCUT2D eigenvalue weighted by molar-refractivity contribution is 5.86. The van der Waals surface area contributed by atoms with Gasteiger partial charge in [-0.05, 0) is 25.3 Å². The van der Waals surface area contributed by atoms with Crippen LogP contribution in [-0.2, 0) is 9.53 Å². The summed E-state index contributed by atoms with van der Waals surface area (Å²) >= 11 is 0. The van der Waals surface area contributed by atoms with Crippen molar-refractivity contribution < 1.29 is 14.5 Å². The van der Waals surface area contributed by atoms with Gasteiger partial charge in [-0.15, -0.1) is 0 Å². The fourth-order valence-corrected chi connectivity index (χ4v) is 3.08. The molecule has 2 aromatic rings. The van der Waals surface area contributed by atoms with E-state index in [-0.39, 0.29) is 29.0 Å². The van der Waals surface area contributed by atoms with Gasteiger partial charge in [-0.25, -0.2) is 4.98 Å². The lowest BCUT2D eigenvalue weighted by molar-refractivity contribution is -0.383. The molecular formula is C15H16N4O5. The maximum atomic E-state index is 11.8. The van der Waals surface area contributed by atoms with E-state index in [4.69, 9.17) is 4.74 Å². The smallest absolute Gasteiger partial charge is 0.308 e. The molecule has 24 heavy (non-hydrogen) atoms. The Bertz CT molecular complexity index is 863. The number of fused-ring (bicyclic) bond motifs is 1. The second-order valence-electron chi connectivity index (χ2n) is 5.75. The zero-order chi connectivity index (χ0) is 17.3. The number of aromatic amines is 1. The summed E-state index contributed by atoms with van der Waals surface area (Å²) in [7, 11) is 1.35. The highest BCUT2D eigenvalue weighted by Crippen LogP contribution is 2.33. The molecule has 1 aromatic heterocycles. The molecule has 126 valence electrons. The second kappa shape index (κ2) is 6.26. The van der Waals surface area contributed by atoms with Crippen LogP contribution in [0.2, 0.25) is 0 Å². The first-order valence-electron chi connectivity index (χ1n) is 7.49. The number of benzene rings is 1. The van der Waals surface area contributed by atoms with Gasteiger partial charge >= 0.3 is 5.97 Å². The second-order valence-corrected chi connectivity index (χ2v) is 5.75. The summed E-state index contributed by atoms with van der Waals surface area (Å²) in [5.74, 6) is -0.464. The highest BCUT2D eigenvalue weighted by Gasteiger charge is 2.31. The number of nitro benzene ring substituents is 1. The quantitative estimate of drug-likeness (QED) is 0.494. The normalized spacial score (nSPS) is 20.0. The standard InChI is InChI=1S/C15H16N4O5/c1-24-15(21)8-2-3-9(4-8)18-12-6-11-10(5-13(12)19(22)23)14(20)17-7-16-11/h5-9,18H,2-4H2,1H3,(H,16,17,20)/t8-,9+/m0/s1. The maximum absolute atomic E-state index is 11.8. The van der Waals surface area contributed by atoms with Crippen molar-refractivity contribution in [2.24, 2.45) is 5.92 Å². The molecule has 0 saturated heterocycles. The average Bonchev–Trinajstić information content (AvgIpc) is 3.02. The van der Waals surface area contributed by atoms with Crippen LogP contribution >= 0.6 is 0 Å². The highest BCUT2D eigenvalue weighted by atomic mass is 16.6. The minimum atomic E-state index is -0.541. The van der Waals surface area contributed by atoms with E-state index in [9.17, 15) is 19.7 Å². The number of nitrogens with one attached hydrogen (secondary N) is 2. The van der Waals surface area contributed by atoms with E-state index in [0.717, 1.165) is 0 Å². The topological polar surface area (TPSA) is 127 Å². The fraction of sp³-hybridized carbons (Fsp3) is 0.400. The Hall–Kier alpha value is -2.97. The number of carbonyl (C=O) groups is 1. The van der Waals surface area contributed by atoms with Gasteiger partial charge in [0.1, 0.15) is 5.69 Å². The summed E-state index contributed by atoms with van der Waals surface area (Å²) in [6.45, 7) is 0. The van der Waals surface area contributed by atoms with E-state index in [0.29, 0.717) is 30.5 Å². The largest absolute Gasteiger partial charge is 0.469 e. The Balaban J connectivity index is 1.91. The molecule has 0 aliphatic heterocycles. The molecule has 2 N–H and O–H groups in total. The van der Waals surface area contributed by atoms with E-state index in [2.05, 4.69) is 15.3 Å². The molecule has 0 bridgehead atoms. The summed E-state index contributed by atoms with van der Waals surface area (Å²) in [5, 5.41) is 14.6. The third kappa shape index (κ3) is 2.92. The molecular weight excluding hydrogens is 316 g/mol. The minimum Gasteiger partial charge on any atom is -0.469 e. The first-order valence-corrected chi connectivity index (χ1v) is 7.49. The molecule has 1 heterocycles. The van der Waals surface area contributed by atoms with E-state index < -0.39 is 10.5 Å². The molecule has 0 unspecified atom stereocenters. The van der Waals surface area contributed by atoms with Crippen molar-refractivity contribution in [1.29, 1.82) is 0 Å². The lowest BCUT2D eigenvalue weighted by Gasteiger charge is -2.14. The average molecular weight is 332 g/mol. The molecule has 1 aliphatic carbocycles. The van der Waals surface area contributed by atoms with Crippen LogP contribution < -0.4 is 10.9 Å². The Morgan fingerprint density at radius 1 is 1.46 bits per heavy atom. The SMILES string of the molecule is COC(=O)[C@H]1CC[C@@H](Nc2cc3nc[nH]c(=O)c3cc2[N+](=O)[O-])C1. The Morgan fingerprint density at radius 2 is 2.25 bits per heavy atom. The van der Waals surface area contributed by atoms with Gasteiger partial charge in [-0.3, -0.25) is 19.7 Å². The first kappa shape index (κ1) is 15.9. The van der Waals surface area contributed by atoms with Gasteiger partial charge in [0.25, 0.3) is 11.2 Å². The van der Waals surface area contributed by atoms with Crippen molar-refractivity contribution in [2.45, 2.75) is 25.3 Å². The molecule has 2 atom stereocenters. The third-order valence-electron chi connectivity index (χ3n) is 4.28. The molecule has 0 radical (unpaired) electrons. The number of hydrogen-bond acceptors (Lipinski definition) is 7. The van der Waals surface area contributed by atoms with Gasteiger partial charge < -0.3 is 15.0 Å². The van der Waals surface area contributed by atoms with E-state index >= 15 is 0 Å². The van der Waals surface area contributed by atoms with Crippen LogP contribution in [0.1, 0.15) is 19.3 Å². The number of aromatic nitrogens is 2. The third-order valence-corrected chi connectivity index (χ3v) is 4.28. The number of anilines is 1. The number of esters is 1. The number of hydrogen-bond donors (Lipinski definition) is 2. The Kier molecular flexibility index (Phi) is 4.15. The summed E-state index contributed by atoms with van der Waals surface area (Å²) < 4.78 is 4.74. The van der Waals surface area contributed by atoms with Crippen molar-refractivity contribution in [3.8, 4) is 0 Å². The summed E-state index contributed by atoms with van der Waals surface area (Å²) in [4.78, 5) is 40.6. The first-order chi connectivity index (χ1) is 11.5. The number of H-pyrrole nitrogens is 1. The van der Waals surface area contributed by atoms with Crippen molar-refractivity contribution in [3.05, 3.63) is 38.9 Å². The van der Waals surface area contributed by atoms with E-state index in [1.165, 1.54) is 25.6 Å². The van der Waals surface area contributed by atoms with Crippen LogP contribution in [0, 0.1) is 16.0 Å². The van der Waals surface area contributed by atoms with Gasteiger partial charge in [-0.2, -0.15) is 0 Å². The molecule has 1 aliphatic rings. The van der Waals surface area contributed by atoms with Crippen LogP contribution in [0.3, 0.4) is 0 Å². The lowest BCUT2D eigenvalue weighted by atomic mass is 10.1. The van der Waals surface area contributed by atoms with Crippen LogP contribution in [-0.4, -0.2) is 34.0 Å². The fourth-order valence-electron chi connectivity index (χ4n) is 3.08. The van der Waals surface area contributed by atoms with Gasteiger partial charge in [0.05, 0.1) is 35.2 Å². The number of ether oxygens (including phenoxy) is 1.